The van der Waals surface area contributed by atoms with Crippen LogP contribution in [0.1, 0.15) is 36.8 Å². The molecule has 2 aromatic heterocycles. The number of hydrogen-bond acceptors (Lipinski definition) is 5. The average Bonchev–Trinajstić information content (AvgIpc) is 3.05. The van der Waals surface area contributed by atoms with Crippen LogP contribution in [0, 0.1) is 0 Å². The van der Waals surface area contributed by atoms with E-state index in [0.29, 0.717) is 13.2 Å². The zero-order chi connectivity index (χ0) is 14.5. The summed E-state index contributed by atoms with van der Waals surface area (Å²) in [6.07, 6.45) is 0.0394. The third-order valence-corrected chi connectivity index (χ3v) is 4.83. The normalized spacial score (nSPS) is 12.3. The van der Waals surface area contributed by atoms with Crippen LogP contribution in [0.3, 0.4) is 0 Å². The third-order valence-electron chi connectivity index (χ3n) is 2.71. The number of hydrogen-bond donors (Lipinski definition) is 1. The fourth-order valence-electron chi connectivity index (χ4n) is 1.73. The second kappa shape index (κ2) is 6.97. The topological polar surface area (TPSA) is 51.2 Å². The number of nitrogens with one attached hydrogen (secondary N) is 1. The van der Waals surface area contributed by atoms with Crippen molar-refractivity contribution in [3.8, 4) is 10.6 Å². The Kier molecular flexibility index (Phi) is 5.28. The van der Waals surface area contributed by atoms with Gasteiger partial charge >= 0.3 is 0 Å². The Bertz CT molecular complexity index is 577. The molecule has 1 amide bonds. The van der Waals surface area contributed by atoms with E-state index in [0.717, 1.165) is 20.5 Å². The van der Waals surface area contributed by atoms with Gasteiger partial charge < -0.3 is 10.1 Å². The number of rotatable bonds is 6. The molecule has 2 aromatic rings. The van der Waals surface area contributed by atoms with Crippen molar-refractivity contribution in [3.63, 3.8) is 0 Å². The Morgan fingerprint density at radius 1 is 1.50 bits per heavy atom. The van der Waals surface area contributed by atoms with Crippen molar-refractivity contribution in [1.82, 2.24) is 10.3 Å². The van der Waals surface area contributed by atoms with Gasteiger partial charge in [-0.15, -0.1) is 22.7 Å². The number of nitrogens with zero attached hydrogens (tertiary/aromatic N) is 1. The van der Waals surface area contributed by atoms with Crippen LogP contribution in [0.2, 0.25) is 0 Å². The molecule has 20 heavy (non-hydrogen) atoms. The molecule has 0 aliphatic carbocycles. The lowest BCUT2D eigenvalue weighted by Crippen LogP contribution is -2.17. The summed E-state index contributed by atoms with van der Waals surface area (Å²) in [7, 11) is 0. The molecule has 0 saturated heterocycles. The van der Waals surface area contributed by atoms with E-state index >= 15 is 0 Å². The summed E-state index contributed by atoms with van der Waals surface area (Å²) in [5.74, 6) is -0.0126. The second-order valence-corrected chi connectivity index (χ2v) is 6.40. The maximum absolute atomic E-state index is 10.9. The number of thiophene rings is 1. The fraction of sp³-hybridized carbons (Fsp3) is 0.429. The quantitative estimate of drug-likeness (QED) is 0.887. The van der Waals surface area contributed by atoms with Gasteiger partial charge in [0.1, 0.15) is 11.1 Å². The van der Waals surface area contributed by atoms with Crippen LogP contribution in [0.5, 0.6) is 0 Å². The molecule has 2 heterocycles. The highest BCUT2D eigenvalue weighted by molar-refractivity contribution is 7.16. The number of amides is 1. The minimum Gasteiger partial charge on any atom is -0.372 e. The monoisotopic (exact) mass is 310 g/mol. The number of carbonyl (C=O) groups excluding carboxylic acids is 1. The van der Waals surface area contributed by atoms with Crippen LogP contribution < -0.4 is 5.32 Å². The third kappa shape index (κ3) is 3.88. The predicted octanol–water partition coefficient (Wildman–Crippen LogP) is 3.61. The average molecular weight is 310 g/mol. The molecule has 6 heteroatoms. The standard InChI is InChI=1S/C14H18N2O2S2/c1-4-18-9(2)14-16-12(8-19-14)13-6-5-11(20-13)7-15-10(3)17/h5-6,8-9H,4,7H2,1-3H3,(H,15,17)/t9-/m0/s1. The van der Waals surface area contributed by atoms with Crippen molar-refractivity contribution in [1.29, 1.82) is 0 Å². The van der Waals surface area contributed by atoms with Crippen LogP contribution in [-0.2, 0) is 16.1 Å². The van der Waals surface area contributed by atoms with Crippen molar-refractivity contribution in [2.75, 3.05) is 6.61 Å². The Labute approximate surface area is 126 Å². The lowest BCUT2D eigenvalue weighted by atomic mass is 10.3. The molecule has 0 aromatic carbocycles. The molecular formula is C14H18N2O2S2. The lowest BCUT2D eigenvalue weighted by molar-refractivity contribution is -0.119. The molecule has 0 unspecified atom stereocenters. The summed E-state index contributed by atoms with van der Waals surface area (Å²) in [5.41, 5.74) is 0.982. The molecular weight excluding hydrogens is 292 g/mol. The summed E-state index contributed by atoms with van der Waals surface area (Å²) in [6, 6.07) is 4.08. The SMILES string of the molecule is CCO[C@@H](C)c1nc(-c2ccc(CNC(C)=O)s2)cs1. The van der Waals surface area contributed by atoms with Crippen LogP contribution in [0.15, 0.2) is 17.5 Å². The van der Waals surface area contributed by atoms with E-state index in [1.807, 2.05) is 26.0 Å². The smallest absolute Gasteiger partial charge is 0.217 e. The number of thiazole rings is 1. The van der Waals surface area contributed by atoms with Gasteiger partial charge in [-0.25, -0.2) is 4.98 Å². The highest BCUT2D eigenvalue weighted by Gasteiger charge is 2.12. The molecule has 2 rings (SSSR count). The largest absolute Gasteiger partial charge is 0.372 e. The van der Waals surface area contributed by atoms with Crippen molar-refractivity contribution < 1.29 is 9.53 Å². The fourth-order valence-corrected chi connectivity index (χ4v) is 3.54. The van der Waals surface area contributed by atoms with E-state index in [9.17, 15) is 4.79 Å². The van der Waals surface area contributed by atoms with Gasteiger partial charge in [0.05, 0.1) is 17.1 Å². The van der Waals surface area contributed by atoms with E-state index in [1.54, 1.807) is 22.7 Å². The molecule has 4 nitrogen and oxygen atoms in total. The summed E-state index contributed by atoms with van der Waals surface area (Å²) in [6.45, 7) is 6.79. The maximum Gasteiger partial charge on any atom is 0.217 e. The van der Waals surface area contributed by atoms with Crippen molar-refractivity contribution in [2.24, 2.45) is 0 Å². The zero-order valence-corrected chi connectivity index (χ0v) is 13.4. The minimum atomic E-state index is -0.0126. The first-order valence-electron chi connectivity index (χ1n) is 6.50. The summed E-state index contributed by atoms with van der Waals surface area (Å²) < 4.78 is 5.55. The van der Waals surface area contributed by atoms with Gasteiger partial charge in [0, 0.05) is 23.8 Å². The first-order chi connectivity index (χ1) is 9.60. The first-order valence-corrected chi connectivity index (χ1v) is 8.20. The number of aromatic nitrogens is 1. The predicted molar refractivity (Wildman–Crippen MR) is 83.0 cm³/mol. The van der Waals surface area contributed by atoms with E-state index in [1.165, 1.54) is 6.92 Å². The Morgan fingerprint density at radius 3 is 3.00 bits per heavy atom. The van der Waals surface area contributed by atoms with Crippen LogP contribution >= 0.6 is 22.7 Å². The van der Waals surface area contributed by atoms with Crippen molar-refractivity contribution >= 4 is 28.6 Å². The van der Waals surface area contributed by atoms with Crippen molar-refractivity contribution in [2.45, 2.75) is 33.4 Å². The molecule has 108 valence electrons. The maximum atomic E-state index is 10.9. The molecule has 0 aliphatic heterocycles. The summed E-state index contributed by atoms with van der Waals surface area (Å²) in [4.78, 5) is 17.8. The minimum absolute atomic E-state index is 0.0126. The van der Waals surface area contributed by atoms with Gasteiger partial charge in [-0.2, -0.15) is 0 Å². The number of ether oxygens (including phenoxy) is 1. The summed E-state index contributed by atoms with van der Waals surface area (Å²) in [5, 5.41) is 5.85. The Balaban J connectivity index is 2.06. The van der Waals surface area contributed by atoms with E-state index in [-0.39, 0.29) is 12.0 Å². The van der Waals surface area contributed by atoms with Crippen LogP contribution in [-0.4, -0.2) is 17.5 Å². The van der Waals surface area contributed by atoms with E-state index in [4.69, 9.17) is 4.74 Å². The first kappa shape index (κ1) is 15.2. The van der Waals surface area contributed by atoms with Crippen LogP contribution in [0.25, 0.3) is 10.6 Å². The molecule has 0 aliphatic rings. The Hall–Kier alpha value is -1.24. The molecule has 0 fully saturated rings. The molecule has 1 atom stereocenters. The van der Waals surface area contributed by atoms with Crippen molar-refractivity contribution in [3.05, 3.63) is 27.4 Å². The highest BCUT2D eigenvalue weighted by Crippen LogP contribution is 2.31. The molecule has 0 radical (unpaired) electrons. The second-order valence-electron chi connectivity index (χ2n) is 4.34. The highest BCUT2D eigenvalue weighted by atomic mass is 32.1. The van der Waals surface area contributed by atoms with Gasteiger partial charge in [-0.1, -0.05) is 0 Å². The molecule has 1 N–H and O–H groups in total. The molecule has 0 spiro atoms. The van der Waals surface area contributed by atoms with Crippen LogP contribution in [0.4, 0.5) is 0 Å². The van der Waals surface area contributed by atoms with Gasteiger partial charge in [-0.3, -0.25) is 4.79 Å². The van der Waals surface area contributed by atoms with E-state index < -0.39 is 0 Å². The Morgan fingerprint density at radius 2 is 2.30 bits per heavy atom. The van der Waals surface area contributed by atoms with Gasteiger partial charge in [0.2, 0.25) is 5.91 Å². The summed E-state index contributed by atoms with van der Waals surface area (Å²) >= 11 is 3.28. The van der Waals surface area contributed by atoms with Gasteiger partial charge in [0.15, 0.2) is 0 Å². The van der Waals surface area contributed by atoms with Gasteiger partial charge in [-0.05, 0) is 26.0 Å². The molecule has 0 saturated carbocycles. The zero-order valence-electron chi connectivity index (χ0n) is 11.8. The van der Waals surface area contributed by atoms with Gasteiger partial charge in [0.25, 0.3) is 0 Å². The lowest BCUT2D eigenvalue weighted by Gasteiger charge is -2.06. The van der Waals surface area contributed by atoms with E-state index in [2.05, 4.69) is 15.7 Å². The number of carbonyl (C=O) groups is 1. The molecule has 0 bridgehead atoms.